The van der Waals surface area contributed by atoms with Crippen LogP contribution in [0.4, 0.5) is 0 Å². The third-order valence-electron chi connectivity index (χ3n) is 4.07. The first kappa shape index (κ1) is 15.8. The molecule has 2 N–H and O–H groups in total. The van der Waals surface area contributed by atoms with Gasteiger partial charge in [0.05, 0.1) is 0 Å². The van der Waals surface area contributed by atoms with Crippen molar-refractivity contribution in [3.63, 3.8) is 0 Å². The second-order valence-corrected chi connectivity index (χ2v) is 5.29. The Morgan fingerprint density at radius 3 is 2.36 bits per heavy atom. The van der Waals surface area contributed by atoms with Crippen LogP contribution < -0.4 is 5.32 Å². The average Bonchev–Trinajstić information content (AvgIpc) is 2.95. The van der Waals surface area contributed by atoms with Gasteiger partial charge in [-0.3, -0.25) is 9.59 Å². The van der Waals surface area contributed by atoms with E-state index in [1.807, 2.05) is 25.1 Å². The summed E-state index contributed by atoms with van der Waals surface area (Å²) in [4.78, 5) is 24.1. The summed E-state index contributed by atoms with van der Waals surface area (Å²) in [6, 6.07) is 12.5. The van der Waals surface area contributed by atoms with Gasteiger partial charge in [-0.1, -0.05) is 37.3 Å². The number of hydrogen-bond donors (Lipinski definition) is 2. The van der Waals surface area contributed by atoms with Crippen LogP contribution in [0.15, 0.2) is 48.7 Å². The molecule has 22 heavy (non-hydrogen) atoms. The average molecular weight is 300 g/mol. The zero-order chi connectivity index (χ0) is 16.2. The van der Waals surface area contributed by atoms with Gasteiger partial charge in [-0.25, -0.2) is 0 Å². The Kier molecular flexibility index (Phi) is 4.65. The summed E-state index contributed by atoms with van der Waals surface area (Å²) in [5.41, 5.74) is 0.0721. The number of aliphatic carboxylic acids is 1. The summed E-state index contributed by atoms with van der Waals surface area (Å²) in [7, 11) is 1.77. The van der Waals surface area contributed by atoms with E-state index in [4.69, 9.17) is 0 Å². The molecule has 1 atom stereocenters. The van der Waals surface area contributed by atoms with Crippen LogP contribution in [0, 0.1) is 0 Å². The maximum Gasteiger partial charge on any atom is 0.315 e. The Bertz CT molecular complexity index is 664. The number of carboxylic acids is 1. The lowest BCUT2D eigenvalue weighted by Crippen LogP contribution is -2.46. The molecule has 116 valence electrons. The lowest BCUT2D eigenvalue weighted by molar-refractivity contribution is -0.143. The van der Waals surface area contributed by atoms with Gasteiger partial charge in [-0.2, -0.15) is 0 Å². The van der Waals surface area contributed by atoms with E-state index in [-0.39, 0.29) is 12.5 Å². The summed E-state index contributed by atoms with van der Waals surface area (Å²) in [5, 5.41) is 12.5. The van der Waals surface area contributed by atoms with Crippen molar-refractivity contribution in [3.05, 3.63) is 59.9 Å². The first-order chi connectivity index (χ1) is 10.5. The number of benzene rings is 1. The minimum atomic E-state index is -1.12. The molecule has 0 fully saturated rings. The Balaban J connectivity index is 2.23. The molecule has 5 heteroatoms. The second-order valence-electron chi connectivity index (χ2n) is 5.29. The van der Waals surface area contributed by atoms with E-state index in [9.17, 15) is 14.7 Å². The van der Waals surface area contributed by atoms with E-state index in [2.05, 4.69) is 5.32 Å². The molecule has 0 aliphatic heterocycles. The van der Waals surface area contributed by atoms with Crippen LogP contribution in [0.1, 0.15) is 29.4 Å². The summed E-state index contributed by atoms with van der Waals surface area (Å²) >= 11 is 0. The summed E-state index contributed by atoms with van der Waals surface area (Å²) in [6.45, 7) is 1.86. The first-order valence-corrected chi connectivity index (χ1v) is 7.19. The van der Waals surface area contributed by atoms with E-state index >= 15 is 0 Å². The third-order valence-corrected chi connectivity index (χ3v) is 4.07. The van der Waals surface area contributed by atoms with Gasteiger partial charge < -0.3 is 15.0 Å². The van der Waals surface area contributed by atoms with Crippen molar-refractivity contribution in [3.8, 4) is 0 Å². The van der Waals surface area contributed by atoms with E-state index < -0.39 is 11.4 Å². The molecule has 0 radical (unpaired) electrons. The molecule has 2 rings (SSSR count). The van der Waals surface area contributed by atoms with Gasteiger partial charge in [0.1, 0.15) is 11.1 Å². The molecule has 2 aromatic rings. The number of amides is 1. The maximum atomic E-state index is 12.2. The van der Waals surface area contributed by atoms with Crippen LogP contribution in [0.5, 0.6) is 0 Å². The summed E-state index contributed by atoms with van der Waals surface area (Å²) in [5.74, 6) is -1.21. The zero-order valence-corrected chi connectivity index (χ0v) is 12.7. The van der Waals surface area contributed by atoms with Crippen molar-refractivity contribution in [1.82, 2.24) is 9.88 Å². The largest absolute Gasteiger partial charge is 0.481 e. The van der Waals surface area contributed by atoms with E-state index in [0.717, 1.165) is 0 Å². The molecule has 1 aromatic heterocycles. The van der Waals surface area contributed by atoms with Crippen LogP contribution in [-0.4, -0.2) is 28.1 Å². The number of hydrogen-bond acceptors (Lipinski definition) is 2. The topological polar surface area (TPSA) is 71.3 Å². The molecule has 0 saturated carbocycles. The van der Waals surface area contributed by atoms with Gasteiger partial charge in [0.25, 0.3) is 5.91 Å². The van der Waals surface area contributed by atoms with Crippen LogP contribution >= 0.6 is 0 Å². The standard InChI is InChI=1S/C17H20N2O3/c1-3-17(16(21)22,13-8-5-4-6-9-13)12-18-15(20)14-10-7-11-19(14)2/h4-11H,3,12H2,1-2H3,(H,18,20)(H,21,22). The van der Waals surface area contributed by atoms with Crippen LogP contribution in [-0.2, 0) is 17.3 Å². The minimum Gasteiger partial charge on any atom is -0.481 e. The molecular weight excluding hydrogens is 280 g/mol. The summed E-state index contributed by atoms with van der Waals surface area (Å²) in [6.07, 6.45) is 2.16. The zero-order valence-electron chi connectivity index (χ0n) is 12.7. The molecule has 1 heterocycles. The van der Waals surface area contributed by atoms with Crippen molar-refractivity contribution >= 4 is 11.9 Å². The first-order valence-electron chi connectivity index (χ1n) is 7.19. The molecule has 0 aliphatic carbocycles. The molecular formula is C17H20N2O3. The SMILES string of the molecule is CCC(CNC(=O)c1cccn1C)(C(=O)O)c1ccccc1. The van der Waals surface area contributed by atoms with Gasteiger partial charge in [-0.05, 0) is 24.1 Å². The van der Waals surface area contributed by atoms with Crippen molar-refractivity contribution in [2.45, 2.75) is 18.8 Å². The van der Waals surface area contributed by atoms with Crippen molar-refractivity contribution in [1.29, 1.82) is 0 Å². The van der Waals surface area contributed by atoms with Gasteiger partial charge in [0.2, 0.25) is 0 Å². The molecule has 5 nitrogen and oxygen atoms in total. The molecule has 1 aromatic carbocycles. The van der Waals surface area contributed by atoms with Crippen LogP contribution in [0.25, 0.3) is 0 Å². The highest BCUT2D eigenvalue weighted by Crippen LogP contribution is 2.28. The van der Waals surface area contributed by atoms with Crippen molar-refractivity contribution in [2.75, 3.05) is 6.54 Å². The predicted octanol–water partition coefficient (Wildman–Crippen LogP) is 2.19. The molecule has 1 unspecified atom stereocenters. The van der Waals surface area contributed by atoms with Gasteiger partial charge >= 0.3 is 5.97 Å². The highest BCUT2D eigenvalue weighted by Gasteiger charge is 2.39. The Morgan fingerprint density at radius 2 is 1.86 bits per heavy atom. The fourth-order valence-corrected chi connectivity index (χ4v) is 2.56. The van der Waals surface area contributed by atoms with Crippen molar-refractivity contribution in [2.24, 2.45) is 7.05 Å². The van der Waals surface area contributed by atoms with E-state index in [0.29, 0.717) is 17.7 Å². The number of nitrogens with one attached hydrogen (secondary N) is 1. The molecule has 0 aliphatic rings. The number of carboxylic acid groups (broad SMARTS) is 1. The predicted molar refractivity (Wildman–Crippen MR) is 83.8 cm³/mol. The fourth-order valence-electron chi connectivity index (χ4n) is 2.56. The number of rotatable bonds is 6. The minimum absolute atomic E-state index is 0.0485. The highest BCUT2D eigenvalue weighted by atomic mass is 16.4. The second kappa shape index (κ2) is 6.47. The number of aryl methyl sites for hydroxylation is 1. The molecule has 1 amide bonds. The van der Waals surface area contributed by atoms with Crippen LogP contribution in [0.3, 0.4) is 0 Å². The number of aromatic nitrogens is 1. The number of carbonyl (C=O) groups is 2. The van der Waals surface area contributed by atoms with E-state index in [1.165, 1.54) is 0 Å². The Morgan fingerprint density at radius 1 is 1.18 bits per heavy atom. The van der Waals surface area contributed by atoms with Crippen molar-refractivity contribution < 1.29 is 14.7 Å². The number of nitrogens with zero attached hydrogens (tertiary/aromatic N) is 1. The van der Waals surface area contributed by atoms with Crippen LogP contribution in [0.2, 0.25) is 0 Å². The van der Waals surface area contributed by atoms with E-state index in [1.54, 1.807) is 42.1 Å². The third kappa shape index (κ3) is 2.88. The highest BCUT2D eigenvalue weighted by molar-refractivity contribution is 5.93. The smallest absolute Gasteiger partial charge is 0.315 e. The van der Waals surface area contributed by atoms with Gasteiger partial charge in [0.15, 0.2) is 0 Å². The molecule has 0 spiro atoms. The molecule has 0 bridgehead atoms. The quantitative estimate of drug-likeness (QED) is 0.859. The van der Waals surface area contributed by atoms with Gasteiger partial charge in [-0.15, -0.1) is 0 Å². The maximum absolute atomic E-state index is 12.2. The lowest BCUT2D eigenvalue weighted by atomic mass is 9.78. The Labute approximate surface area is 129 Å². The molecule has 0 saturated heterocycles. The monoisotopic (exact) mass is 300 g/mol. The number of carbonyl (C=O) groups excluding carboxylic acids is 1. The normalized spacial score (nSPS) is 13.4. The lowest BCUT2D eigenvalue weighted by Gasteiger charge is -2.29. The Hall–Kier alpha value is -2.56. The van der Waals surface area contributed by atoms with Gasteiger partial charge in [0, 0.05) is 19.8 Å². The fraction of sp³-hybridized carbons (Fsp3) is 0.294. The summed E-state index contributed by atoms with van der Waals surface area (Å²) < 4.78 is 1.70.